The number of amides is 1. The number of carbonyl (C=O) groups excluding carboxylic acids is 1. The van der Waals surface area contributed by atoms with Crippen molar-refractivity contribution in [3.05, 3.63) is 23.8 Å². The molecule has 6 heteroatoms. The molecule has 120 valence electrons. The number of methoxy groups -OCH3 is 1. The summed E-state index contributed by atoms with van der Waals surface area (Å²) < 4.78 is 11.5. The van der Waals surface area contributed by atoms with E-state index in [4.69, 9.17) is 9.47 Å². The zero-order valence-corrected chi connectivity index (χ0v) is 13.4. The van der Waals surface area contributed by atoms with Gasteiger partial charge < -0.3 is 14.4 Å². The third-order valence-corrected chi connectivity index (χ3v) is 4.57. The summed E-state index contributed by atoms with van der Waals surface area (Å²) in [6.45, 7) is 5.94. The number of hydrogen-bond donors (Lipinski definition) is 0. The summed E-state index contributed by atoms with van der Waals surface area (Å²) in [5.41, 5.74) is 0.192. The number of aromatic nitrogens is 2. The lowest BCUT2D eigenvalue weighted by atomic mass is 9.96. The number of likely N-dealkylation sites (tertiary alicyclic amines) is 1. The van der Waals surface area contributed by atoms with Crippen molar-refractivity contribution in [2.24, 2.45) is 0 Å². The van der Waals surface area contributed by atoms with Gasteiger partial charge in [-0.3, -0.25) is 4.79 Å². The van der Waals surface area contributed by atoms with E-state index in [0.29, 0.717) is 18.7 Å². The third kappa shape index (κ3) is 2.61. The molecule has 2 atom stereocenters. The highest BCUT2D eigenvalue weighted by Gasteiger charge is 2.51. The van der Waals surface area contributed by atoms with Crippen LogP contribution in [0.25, 0.3) is 0 Å². The van der Waals surface area contributed by atoms with E-state index in [1.807, 2.05) is 13.8 Å². The molecule has 6 nitrogen and oxygen atoms in total. The second kappa shape index (κ2) is 5.93. The Kier molecular flexibility index (Phi) is 4.14. The quantitative estimate of drug-likeness (QED) is 0.849. The second-order valence-electron chi connectivity index (χ2n) is 6.41. The van der Waals surface area contributed by atoms with Gasteiger partial charge in [-0.05, 0) is 12.8 Å². The van der Waals surface area contributed by atoms with Gasteiger partial charge in [-0.1, -0.05) is 13.8 Å². The summed E-state index contributed by atoms with van der Waals surface area (Å²) in [5, 5.41) is 0. The fraction of sp³-hybridized carbons (Fsp3) is 0.688. The molecule has 3 rings (SSSR count). The fourth-order valence-corrected chi connectivity index (χ4v) is 3.33. The van der Waals surface area contributed by atoms with Gasteiger partial charge >= 0.3 is 0 Å². The van der Waals surface area contributed by atoms with Gasteiger partial charge in [-0.2, -0.15) is 0 Å². The zero-order valence-electron chi connectivity index (χ0n) is 13.4. The number of carbonyl (C=O) groups is 1. The summed E-state index contributed by atoms with van der Waals surface area (Å²) >= 11 is 0. The number of ether oxygens (including phenoxy) is 2. The van der Waals surface area contributed by atoms with Crippen LogP contribution in [-0.4, -0.2) is 59.3 Å². The highest BCUT2D eigenvalue weighted by atomic mass is 16.6. The molecular formula is C16H23N3O3. The van der Waals surface area contributed by atoms with Crippen molar-refractivity contribution in [3.8, 4) is 0 Å². The highest BCUT2D eigenvalue weighted by molar-refractivity contribution is 5.94. The first-order valence-electron chi connectivity index (χ1n) is 7.84. The van der Waals surface area contributed by atoms with Crippen molar-refractivity contribution in [3.63, 3.8) is 0 Å². The maximum absolute atomic E-state index is 12.7. The number of hydrogen-bond acceptors (Lipinski definition) is 5. The predicted molar refractivity (Wildman–Crippen MR) is 80.7 cm³/mol. The van der Waals surface area contributed by atoms with Gasteiger partial charge in [-0.25, -0.2) is 9.97 Å². The van der Waals surface area contributed by atoms with Crippen LogP contribution in [0.1, 0.15) is 48.8 Å². The van der Waals surface area contributed by atoms with Crippen LogP contribution in [0.2, 0.25) is 0 Å². The average Bonchev–Trinajstić information content (AvgIpc) is 3.14. The Morgan fingerprint density at radius 1 is 1.45 bits per heavy atom. The monoisotopic (exact) mass is 305 g/mol. The fourth-order valence-electron chi connectivity index (χ4n) is 3.33. The minimum Gasteiger partial charge on any atom is -0.377 e. The summed E-state index contributed by atoms with van der Waals surface area (Å²) in [4.78, 5) is 23.0. The maximum Gasteiger partial charge on any atom is 0.257 e. The Balaban J connectivity index is 1.75. The van der Waals surface area contributed by atoms with Crippen molar-refractivity contribution in [1.82, 2.24) is 14.9 Å². The Bertz CT molecular complexity index is 538. The van der Waals surface area contributed by atoms with Crippen LogP contribution in [0, 0.1) is 0 Å². The molecular weight excluding hydrogens is 282 g/mol. The molecule has 0 bridgehead atoms. The Morgan fingerprint density at radius 2 is 2.18 bits per heavy atom. The Morgan fingerprint density at radius 3 is 2.73 bits per heavy atom. The molecule has 1 amide bonds. The van der Waals surface area contributed by atoms with E-state index in [9.17, 15) is 4.79 Å². The Hall–Kier alpha value is -1.53. The second-order valence-corrected chi connectivity index (χ2v) is 6.41. The third-order valence-electron chi connectivity index (χ3n) is 4.57. The van der Waals surface area contributed by atoms with Crippen LogP contribution in [0.15, 0.2) is 12.4 Å². The van der Waals surface area contributed by atoms with Crippen molar-refractivity contribution < 1.29 is 14.3 Å². The van der Waals surface area contributed by atoms with Crippen LogP contribution in [0.3, 0.4) is 0 Å². The van der Waals surface area contributed by atoms with Crippen LogP contribution < -0.4 is 0 Å². The minimum absolute atomic E-state index is 0.0512. The molecule has 1 aromatic rings. The van der Waals surface area contributed by atoms with Gasteiger partial charge in [0, 0.05) is 32.0 Å². The molecule has 22 heavy (non-hydrogen) atoms. The molecule has 3 heterocycles. The van der Waals surface area contributed by atoms with Gasteiger partial charge in [0.25, 0.3) is 5.91 Å². The van der Waals surface area contributed by atoms with Gasteiger partial charge in [0.05, 0.1) is 18.7 Å². The van der Waals surface area contributed by atoms with Crippen LogP contribution in [0.4, 0.5) is 0 Å². The number of nitrogens with zero attached hydrogens (tertiary/aromatic N) is 3. The first kappa shape index (κ1) is 15.4. The molecule has 2 fully saturated rings. The zero-order chi connectivity index (χ0) is 15.7. The molecule has 0 unspecified atom stereocenters. The minimum atomic E-state index is -0.330. The summed E-state index contributed by atoms with van der Waals surface area (Å²) in [6, 6.07) is 0. The van der Waals surface area contributed by atoms with Crippen molar-refractivity contribution in [2.75, 3.05) is 26.8 Å². The molecule has 1 spiro atoms. The average molecular weight is 305 g/mol. The summed E-state index contributed by atoms with van der Waals surface area (Å²) in [6.07, 6.45) is 5.14. The first-order chi connectivity index (χ1) is 10.6. The molecule has 0 saturated carbocycles. The van der Waals surface area contributed by atoms with Gasteiger partial charge in [0.1, 0.15) is 17.5 Å². The van der Waals surface area contributed by atoms with Crippen molar-refractivity contribution in [2.45, 2.75) is 44.3 Å². The number of rotatable bonds is 3. The van der Waals surface area contributed by atoms with Gasteiger partial charge in [0.15, 0.2) is 0 Å². The SMILES string of the molecule is CO[C@H]1CN(C(=O)c2cnc(C(C)C)nc2)C[C@@]12CCCO2. The lowest BCUT2D eigenvalue weighted by Crippen LogP contribution is -2.42. The molecule has 2 aliphatic heterocycles. The molecule has 0 N–H and O–H groups in total. The standard InChI is InChI=1S/C16H23N3O3/c1-11(2)14-17-7-12(8-18-14)15(20)19-9-13(21-3)16(10-19)5-4-6-22-16/h7-8,11,13H,4-6,9-10H2,1-3H3/t13-,16-/m0/s1. The van der Waals surface area contributed by atoms with Crippen LogP contribution in [0.5, 0.6) is 0 Å². The summed E-state index contributed by atoms with van der Waals surface area (Å²) in [7, 11) is 1.68. The normalized spacial score (nSPS) is 28.0. The lowest BCUT2D eigenvalue weighted by molar-refractivity contribution is -0.0754. The van der Waals surface area contributed by atoms with Gasteiger partial charge in [0.2, 0.25) is 0 Å². The van der Waals surface area contributed by atoms with E-state index in [0.717, 1.165) is 25.3 Å². The Labute approximate surface area is 130 Å². The van der Waals surface area contributed by atoms with Crippen LogP contribution >= 0.6 is 0 Å². The maximum atomic E-state index is 12.7. The van der Waals surface area contributed by atoms with E-state index in [-0.39, 0.29) is 23.5 Å². The van der Waals surface area contributed by atoms with E-state index < -0.39 is 0 Å². The van der Waals surface area contributed by atoms with Crippen LogP contribution in [-0.2, 0) is 9.47 Å². The van der Waals surface area contributed by atoms with Gasteiger partial charge in [-0.15, -0.1) is 0 Å². The van der Waals surface area contributed by atoms with E-state index in [1.54, 1.807) is 24.4 Å². The van der Waals surface area contributed by atoms with E-state index >= 15 is 0 Å². The molecule has 2 saturated heterocycles. The van der Waals surface area contributed by atoms with E-state index in [2.05, 4.69) is 9.97 Å². The molecule has 0 aliphatic carbocycles. The molecule has 2 aliphatic rings. The van der Waals surface area contributed by atoms with E-state index in [1.165, 1.54) is 0 Å². The largest absolute Gasteiger partial charge is 0.377 e. The molecule has 0 radical (unpaired) electrons. The van der Waals surface area contributed by atoms with Crippen molar-refractivity contribution in [1.29, 1.82) is 0 Å². The molecule has 1 aromatic heterocycles. The summed E-state index contributed by atoms with van der Waals surface area (Å²) in [5.74, 6) is 0.956. The smallest absolute Gasteiger partial charge is 0.257 e. The first-order valence-corrected chi connectivity index (χ1v) is 7.84. The predicted octanol–water partition coefficient (Wildman–Crippen LogP) is 1.62. The topological polar surface area (TPSA) is 64.5 Å². The molecule has 0 aromatic carbocycles. The highest BCUT2D eigenvalue weighted by Crippen LogP contribution is 2.37. The lowest BCUT2D eigenvalue weighted by Gasteiger charge is -2.27. The van der Waals surface area contributed by atoms with Crippen molar-refractivity contribution >= 4 is 5.91 Å².